The number of nitrogens with one attached hydrogen (secondary N) is 2. The predicted octanol–water partition coefficient (Wildman–Crippen LogP) is 1.61. The largest absolute Gasteiger partial charge is 0.469 e. The fourth-order valence-electron chi connectivity index (χ4n) is 2.79. The first-order chi connectivity index (χ1) is 12.2. The molecule has 2 unspecified atom stereocenters. The lowest BCUT2D eigenvalue weighted by atomic mass is 9.99. The van der Waals surface area contributed by atoms with Crippen molar-refractivity contribution in [2.45, 2.75) is 46.6 Å². The van der Waals surface area contributed by atoms with Gasteiger partial charge in [-0.3, -0.25) is 9.79 Å². The van der Waals surface area contributed by atoms with Crippen LogP contribution in [0.1, 0.15) is 41.0 Å². The van der Waals surface area contributed by atoms with Crippen molar-refractivity contribution in [3.63, 3.8) is 0 Å². The normalized spacial score (nSPS) is 20.7. The summed E-state index contributed by atoms with van der Waals surface area (Å²) >= 11 is 0. The van der Waals surface area contributed by atoms with Crippen LogP contribution >= 0.6 is 0 Å². The summed E-state index contributed by atoms with van der Waals surface area (Å²) in [5.41, 5.74) is -0.497. The highest BCUT2D eigenvalue weighted by atomic mass is 16.6. The SMILES string of the molecule is CCNC(=NCCCNC(=O)OC(C)(C)C)N1CC(C)C(C(=O)OC)C1. The summed E-state index contributed by atoms with van der Waals surface area (Å²) < 4.78 is 10.1. The van der Waals surface area contributed by atoms with Gasteiger partial charge >= 0.3 is 12.1 Å². The van der Waals surface area contributed by atoms with Gasteiger partial charge in [0.25, 0.3) is 0 Å². The fourth-order valence-corrected chi connectivity index (χ4v) is 2.79. The lowest BCUT2D eigenvalue weighted by molar-refractivity contribution is -0.145. The van der Waals surface area contributed by atoms with Crippen molar-refractivity contribution in [1.29, 1.82) is 0 Å². The second-order valence-corrected chi connectivity index (χ2v) is 7.53. The summed E-state index contributed by atoms with van der Waals surface area (Å²) in [7, 11) is 1.43. The average Bonchev–Trinajstić information content (AvgIpc) is 2.92. The van der Waals surface area contributed by atoms with E-state index in [-0.39, 0.29) is 17.8 Å². The molecule has 1 amide bonds. The lowest BCUT2D eigenvalue weighted by Gasteiger charge is -2.21. The predicted molar refractivity (Wildman–Crippen MR) is 101 cm³/mol. The summed E-state index contributed by atoms with van der Waals surface area (Å²) in [5, 5.41) is 5.99. The van der Waals surface area contributed by atoms with E-state index in [0.29, 0.717) is 26.1 Å². The molecule has 8 heteroatoms. The van der Waals surface area contributed by atoms with E-state index in [0.717, 1.165) is 19.0 Å². The third kappa shape index (κ3) is 7.49. The molecule has 2 N–H and O–H groups in total. The molecule has 0 spiro atoms. The molecule has 1 saturated heterocycles. The Bertz CT molecular complexity index is 502. The van der Waals surface area contributed by atoms with Gasteiger partial charge in [-0.2, -0.15) is 0 Å². The standard InChI is InChI=1S/C18H34N4O4/c1-7-19-16(22-11-13(2)14(12-22)15(23)25-6)20-9-8-10-21-17(24)26-18(3,4)5/h13-14H,7-12H2,1-6H3,(H,19,20)(H,21,24). The highest BCUT2D eigenvalue weighted by Crippen LogP contribution is 2.24. The zero-order valence-electron chi connectivity index (χ0n) is 16.9. The Morgan fingerprint density at radius 1 is 1.23 bits per heavy atom. The number of likely N-dealkylation sites (tertiary alicyclic amines) is 1. The second kappa shape index (κ2) is 10.2. The lowest BCUT2D eigenvalue weighted by Crippen LogP contribution is -2.40. The number of aliphatic imine (C=N–C) groups is 1. The van der Waals surface area contributed by atoms with Gasteiger partial charge in [-0.15, -0.1) is 0 Å². The van der Waals surface area contributed by atoms with Crippen LogP contribution < -0.4 is 10.6 Å². The quantitative estimate of drug-likeness (QED) is 0.319. The van der Waals surface area contributed by atoms with Gasteiger partial charge in [0.15, 0.2) is 5.96 Å². The molecule has 1 aliphatic heterocycles. The van der Waals surface area contributed by atoms with Gasteiger partial charge in [0.2, 0.25) is 0 Å². The fraction of sp³-hybridized carbons (Fsp3) is 0.833. The van der Waals surface area contributed by atoms with E-state index in [1.165, 1.54) is 7.11 Å². The van der Waals surface area contributed by atoms with E-state index in [9.17, 15) is 9.59 Å². The van der Waals surface area contributed by atoms with E-state index in [1.807, 2.05) is 27.7 Å². The molecule has 0 saturated carbocycles. The van der Waals surface area contributed by atoms with Crippen LogP contribution in [-0.4, -0.2) is 68.4 Å². The summed E-state index contributed by atoms with van der Waals surface area (Å²) in [6.07, 6.45) is 0.292. The molecule has 0 aromatic heterocycles. The summed E-state index contributed by atoms with van der Waals surface area (Å²) in [4.78, 5) is 30.2. The Labute approximate surface area is 156 Å². The van der Waals surface area contributed by atoms with E-state index in [1.54, 1.807) is 0 Å². The van der Waals surface area contributed by atoms with Gasteiger partial charge in [0.05, 0.1) is 13.0 Å². The molecule has 0 bridgehead atoms. The van der Waals surface area contributed by atoms with Crippen molar-refractivity contribution < 1.29 is 19.1 Å². The van der Waals surface area contributed by atoms with Gasteiger partial charge in [0.1, 0.15) is 5.60 Å². The maximum absolute atomic E-state index is 11.9. The van der Waals surface area contributed by atoms with E-state index in [4.69, 9.17) is 9.47 Å². The summed E-state index contributed by atoms with van der Waals surface area (Å²) in [5.74, 6) is 0.721. The number of carbonyl (C=O) groups excluding carboxylic acids is 2. The molecule has 0 aromatic rings. The number of amides is 1. The molecule has 1 heterocycles. The Kier molecular flexibility index (Phi) is 8.68. The molecule has 1 aliphatic rings. The van der Waals surface area contributed by atoms with Gasteiger partial charge in [-0.25, -0.2) is 4.79 Å². The first-order valence-electron chi connectivity index (χ1n) is 9.25. The molecule has 150 valence electrons. The maximum Gasteiger partial charge on any atom is 0.407 e. The molecule has 26 heavy (non-hydrogen) atoms. The first-order valence-corrected chi connectivity index (χ1v) is 9.25. The number of alkyl carbamates (subject to hydrolysis) is 1. The van der Waals surface area contributed by atoms with E-state index < -0.39 is 11.7 Å². The summed E-state index contributed by atoms with van der Waals surface area (Å²) in [6.45, 7) is 12.8. The van der Waals surface area contributed by atoms with Gasteiger partial charge < -0.3 is 25.0 Å². The average molecular weight is 370 g/mol. The molecule has 0 aliphatic carbocycles. The number of rotatable bonds is 6. The molecule has 1 fully saturated rings. The second-order valence-electron chi connectivity index (χ2n) is 7.53. The zero-order valence-corrected chi connectivity index (χ0v) is 16.9. The van der Waals surface area contributed by atoms with Crippen LogP contribution in [0, 0.1) is 11.8 Å². The van der Waals surface area contributed by atoms with Gasteiger partial charge in [0, 0.05) is 32.7 Å². The maximum atomic E-state index is 11.9. The molecule has 0 radical (unpaired) electrons. The molecular weight excluding hydrogens is 336 g/mol. The minimum Gasteiger partial charge on any atom is -0.469 e. The highest BCUT2D eigenvalue weighted by molar-refractivity contribution is 5.82. The van der Waals surface area contributed by atoms with E-state index in [2.05, 4.69) is 27.4 Å². The van der Waals surface area contributed by atoms with Crippen LogP contribution in [-0.2, 0) is 14.3 Å². The Balaban J connectivity index is 2.47. The monoisotopic (exact) mass is 370 g/mol. The molecule has 0 aromatic carbocycles. The van der Waals surface area contributed by atoms with E-state index >= 15 is 0 Å². The van der Waals surface area contributed by atoms with Gasteiger partial charge in [-0.05, 0) is 40.0 Å². The van der Waals surface area contributed by atoms with Crippen molar-refractivity contribution in [3.05, 3.63) is 0 Å². The van der Waals surface area contributed by atoms with Gasteiger partial charge in [-0.1, -0.05) is 6.92 Å². The van der Waals surface area contributed by atoms with Crippen LogP contribution in [0.5, 0.6) is 0 Å². The van der Waals surface area contributed by atoms with Crippen molar-refractivity contribution >= 4 is 18.0 Å². The third-order valence-electron chi connectivity index (χ3n) is 4.02. The van der Waals surface area contributed by atoms with Crippen LogP contribution in [0.2, 0.25) is 0 Å². The molecule has 2 atom stereocenters. The number of ether oxygens (including phenoxy) is 2. The van der Waals surface area contributed by atoms with Crippen molar-refractivity contribution in [3.8, 4) is 0 Å². The topological polar surface area (TPSA) is 92.3 Å². The third-order valence-corrected chi connectivity index (χ3v) is 4.02. The van der Waals surface area contributed by atoms with Crippen LogP contribution in [0.25, 0.3) is 0 Å². The Hall–Kier alpha value is -1.99. The smallest absolute Gasteiger partial charge is 0.407 e. The van der Waals surface area contributed by atoms with Crippen molar-refractivity contribution in [1.82, 2.24) is 15.5 Å². The highest BCUT2D eigenvalue weighted by Gasteiger charge is 2.36. The van der Waals surface area contributed by atoms with Crippen LogP contribution in [0.4, 0.5) is 4.79 Å². The summed E-state index contributed by atoms with van der Waals surface area (Å²) in [6, 6.07) is 0. The number of esters is 1. The number of carbonyl (C=O) groups is 2. The minimum absolute atomic E-state index is 0.127. The molecule has 8 nitrogen and oxygen atoms in total. The Morgan fingerprint density at radius 3 is 2.50 bits per heavy atom. The number of nitrogens with zero attached hydrogens (tertiary/aromatic N) is 2. The zero-order chi connectivity index (χ0) is 19.7. The molecule has 1 rings (SSSR count). The number of methoxy groups -OCH3 is 1. The van der Waals surface area contributed by atoms with Crippen molar-refractivity contribution in [2.75, 3.05) is 39.8 Å². The number of hydrogen-bond donors (Lipinski definition) is 2. The number of hydrogen-bond acceptors (Lipinski definition) is 5. The first kappa shape index (κ1) is 22.1. The Morgan fingerprint density at radius 2 is 1.92 bits per heavy atom. The minimum atomic E-state index is -0.497. The molecular formula is C18H34N4O4. The number of guanidine groups is 1. The van der Waals surface area contributed by atoms with Crippen LogP contribution in [0.3, 0.4) is 0 Å². The van der Waals surface area contributed by atoms with Crippen LogP contribution in [0.15, 0.2) is 4.99 Å². The van der Waals surface area contributed by atoms with Crippen molar-refractivity contribution in [2.24, 2.45) is 16.8 Å².